The van der Waals surface area contributed by atoms with Crippen LogP contribution in [0.4, 0.5) is 0 Å². The first-order valence-corrected chi connectivity index (χ1v) is 6.19. The molecule has 1 N–H and O–H groups in total. The minimum atomic E-state index is -0.171. The fraction of sp³-hybridized carbons (Fsp3) is 0.0667. The molecule has 3 heterocycles. The van der Waals surface area contributed by atoms with Gasteiger partial charge in [-0.2, -0.15) is 0 Å². The lowest BCUT2D eigenvalue weighted by atomic mass is 10.1. The minimum absolute atomic E-state index is 0.171. The van der Waals surface area contributed by atoms with Gasteiger partial charge in [0.05, 0.1) is 0 Å². The highest BCUT2D eigenvalue weighted by atomic mass is 16.7. The molecule has 98 valence electrons. The maximum Gasteiger partial charge on any atom is 0.257 e. The summed E-state index contributed by atoms with van der Waals surface area (Å²) in [5, 5.41) is 0.889. The van der Waals surface area contributed by atoms with Gasteiger partial charge in [0.15, 0.2) is 11.5 Å². The van der Waals surface area contributed by atoms with E-state index in [9.17, 15) is 4.79 Å². The molecule has 1 aromatic carbocycles. The van der Waals surface area contributed by atoms with Gasteiger partial charge in [-0.05, 0) is 35.9 Å². The quantitative estimate of drug-likeness (QED) is 0.734. The monoisotopic (exact) mass is 266 g/mol. The molecule has 0 atom stereocenters. The number of pyridine rings is 2. The van der Waals surface area contributed by atoms with E-state index in [2.05, 4.69) is 9.97 Å². The van der Waals surface area contributed by atoms with Gasteiger partial charge < -0.3 is 14.5 Å². The molecule has 5 heteroatoms. The summed E-state index contributed by atoms with van der Waals surface area (Å²) in [6, 6.07) is 11.1. The zero-order chi connectivity index (χ0) is 13.5. The van der Waals surface area contributed by atoms with Crippen LogP contribution in [0.2, 0.25) is 0 Å². The van der Waals surface area contributed by atoms with Crippen LogP contribution in [-0.2, 0) is 0 Å². The molecule has 0 saturated heterocycles. The van der Waals surface area contributed by atoms with Crippen LogP contribution in [0.5, 0.6) is 11.5 Å². The van der Waals surface area contributed by atoms with Crippen molar-refractivity contribution in [3.63, 3.8) is 0 Å². The lowest BCUT2D eigenvalue weighted by Gasteiger charge is -2.04. The molecule has 0 spiro atoms. The predicted molar refractivity (Wildman–Crippen MR) is 73.9 cm³/mol. The molecule has 0 amide bonds. The van der Waals surface area contributed by atoms with Crippen LogP contribution >= 0.6 is 0 Å². The maximum absolute atomic E-state index is 12.2. The molecule has 4 rings (SSSR count). The summed E-state index contributed by atoms with van der Waals surface area (Å²) in [5.74, 6) is 1.36. The molecule has 0 aliphatic carbocycles. The molecule has 5 nitrogen and oxygen atoms in total. The van der Waals surface area contributed by atoms with Crippen molar-refractivity contribution in [1.29, 1.82) is 0 Å². The van der Waals surface area contributed by atoms with Crippen molar-refractivity contribution in [3.05, 3.63) is 52.9 Å². The summed E-state index contributed by atoms with van der Waals surface area (Å²) >= 11 is 0. The molecule has 3 aromatic rings. The van der Waals surface area contributed by atoms with Crippen molar-refractivity contribution in [2.75, 3.05) is 6.79 Å². The lowest BCUT2D eigenvalue weighted by Crippen LogP contribution is -2.09. The normalized spacial score (nSPS) is 12.8. The summed E-state index contributed by atoms with van der Waals surface area (Å²) in [6.45, 7) is 0.219. The van der Waals surface area contributed by atoms with Gasteiger partial charge in [0.1, 0.15) is 5.65 Å². The van der Waals surface area contributed by atoms with E-state index in [0.29, 0.717) is 22.7 Å². The van der Waals surface area contributed by atoms with Gasteiger partial charge in [-0.3, -0.25) is 4.79 Å². The van der Waals surface area contributed by atoms with Gasteiger partial charge in [-0.1, -0.05) is 6.07 Å². The Morgan fingerprint density at radius 3 is 2.95 bits per heavy atom. The third-order valence-corrected chi connectivity index (χ3v) is 3.30. The molecule has 1 aliphatic rings. The van der Waals surface area contributed by atoms with E-state index in [1.807, 2.05) is 36.4 Å². The van der Waals surface area contributed by atoms with Crippen LogP contribution < -0.4 is 15.0 Å². The number of hydrogen-bond acceptors (Lipinski definition) is 4. The molecule has 1 aliphatic heterocycles. The zero-order valence-electron chi connectivity index (χ0n) is 10.4. The number of aromatic nitrogens is 2. The molecular weight excluding hydrogens is 256 g/mol. The molecule has 2 aromatic heterocycles. The van der Waals surface area contributed by atoms with Crippen molar-refractivity contribution in [2.24, 2.45) is 0 Å². The third kappa shape index (κ3) is 1.64. The second-order valence-corrected chi connectivity index (χ2v) is 4.52. The van der Waals surface area contributed by atoms with Gasteiger partial charge in [-0.25, -0.2) is 4.98 Å². The first-order chi connectivity index (χ1) is 9.81. The summed E-state index contributed by atoms with van der Waals surface area (Å²) < 4.78 is 10.6. The highest BCUT2D eigenvalue weighted by Gasteiger charge is 2.15. The van der Waals surface area contributed by atoms with E-state index in [-0.39, 0.29) is 12.4 Å². The molecule has 0 fully saturated rings. The van der Waals surface area contributed by atoms with E-state index >= 15 is 0 Å². The molecular formula is C15H10N2O3. The van der Waals surface area contributed by atoms with Crippen molar-refractivity contribution >= 4 is 11.0 Å². The van der Waals surface area contributed by atoms with E-state index in [0.717, 1.165) is 10.9 Å². The van der Waals surface area contributed by atoms with E-state index < -0.39 is 0 Å². The topological polar surface area (TPSA) is 64.2 Å². The predicted octanol–water partition coefficient (Wildman–Crippen LogP) is 2.32. The number of H-pyrrole nitrogens is 1. The number of ether oxygens (including phenoxy) is 2. The van der Waals surface area contributed by atoms with Crippen LogP contribution in [0.3, 0.4) is 0 Å². The summed E-state index contributed by atoms with van der Waals surface area (Å²) in [6.07, 6.45) is 1.65. The van der Waals surface area contributed by atoms with Gasteiger partial charge in [-0.15, -0.1) is 0 Å². The van der Waals surface area contributed by atoms with Crippen molar-refractivity contribution in [1.82, 2.24) is 9.97 Å². The highest BCUT2D eigenvalue weighted by Crippen LogP contribution is 2.35. The summed E-state index contributed by atoms with van der Waals surface area (Å²) in [5.41, 5.74) is 1.79. The van der Waals surface area contributed by atoms with Gasteiger partial charge >= 0.3 is 0 Å². The maximum atomic E-state index is 12.2. The Labute approximate surface area is 113 Å². The Morgan fingerprint density at radius 2 is 2.00 bits per heavy atom. The second-order valence-electron chi connectivity index (χ2n) is 4.52. The fourth-order valence-corrected chi connectivity index (χ4v) is 2.31. The number of nitrogens with zero attached hydrogens (tertiary/aromatic N) is 1. The van der Waals surface area contributed by atoms with Crippen LogP contribution in [0.1, 0.15) is 0 Å². The standard InChI is InChI=1S/C15H10N2O3/c18-15-11(6-10-2-1-5-16-14(10)17-15)9-3-4-12-13(7-9)20-8-19-12/h1-7H,8H2,(H,16,17,18). The number of aromatic amines is 1. The Kier molecular flexibility index (Phi) is 2.26. The van der Waals surface area contributed by atoms with Crippen LogP contribution in [0.25, 0.3) is 22.2 Å². The smallest absolute Gasteiger partial charge is 0.257 e. The van der Waals surface area contributed by atoms with E-state index in [4.69, 9.17) is 9.47 Å². The minimum Gasteiger partial charge on any atom is -0.454 e. The number of rotatable bonds is 1. The highest BCUT2D eigenvalue weighted by molar-refractivity contribution is 5.81. The summed E-state index contributed by atoms with van der Waals surface area (Å²) in [4.78, 5) is 19.1. The van der Waals surface area contributed by atoms with Gasteiger partial charge in [0, 0.05) is 17.1 Å². The average Bonchev–Trinajstić information content (AvgIpc) is 2.94. The van der Waals surface area contributed by atoms with Crippen molar-refractivity contribution in [3.8, 4) is 22.6 Å². The zero-order valence-corrected chi connectivity index (χ0v) is 10.4. The number of fused-ring (bicyclic) bond motifs is 2. The average molecular weight is 266 g/mol. The second kappa shape index (κ2) is 4.09. The van der Waals surface area contributed by atoms with E-state index in [1.54, 1.807) is 6.20 Å². The largest absolute Gasteiger partial charge is 0.454 e. The molecule has 20 heavy (non-hydrogen) atoms. The summed E-state index contributed by atoms with van der Waals surface area (Å²) in [7, 11) is 0. The third-order valence-electron chi connectivity index (χ3n) is 3.30. The van der Waals surface area contributed by atoms with Crippen molar-refractivity contribution < 1.29 is 9.47 Å². The molecule has 0 saturated carbocycles. The van der Waals surface area contributed by atoms with Crippen molar-refractivity contribution in [2.45, 2.75) is 0 Å². The number of hydrogen-bond donors (Lipinski definition) is 1. The first kappa shape index (κ1) is 11.0. The van der Waals surface area contributed by atoms with Gasteiger partial charge in [0.25, 0.3) is 5.56 Å². The van der Waals surface area contributed by atoms with Crippen LogP contribution in [-0.4, -0.2) is 16.8 Å². The molecule has 0 unspecified atom stereocenters. The Morgan fingerprint density at radius 1 is 1.10 bits per heavy atom. The number of benzene rings is 1. The van der Waals surface area contributed by atoms with Crippen LogP contribution in [0, 0.1) is 0 Å². The lowest BCUT2D eigenvalue weighted by molar-refractivity contribution is 0.174. The number of nitrogens with one attached hydrogen (secondary N) is 1. The first-order valence-electron chi connectivity index (χ1n) is 6.19. The van der Waals surface area contributed by atoms with Crippen LogP contribution in [0.15, 0.2) is 47.4 Å². The fourth-order valence-electron chi connectivity index (χ4n) is 2.31. The SMILES string of the molecule is O=c1[nH]c2ncccc2cc1-c1ccc2c(c1)OCO2. The van der Waals surface area contributed by atoms with E-state index in [1.165, 1.54) is 0 Å². The molecule has 0 radical (unpaired) electrons. The van der Waals surface area contributed by atoms with Gasteiger partial charge in [0.2, 0.25) is 6.79 Å². The Bertz CT molecular complexity index is 870. The Balaban J connectivity index is 1.93. The Hall–Kier alpha value is -2.82. The molecule has 0 bridgehead atoms.